The molecule has 6 rings (SSSR count). The summed E-state index contributed by atoms with van der Waals surface area (Å²) in [6.45, 7) is 9.80. The van der Waals surface area contributed by atoms with Crippen molar-refractivity contribution in [2.24, 2.45) is 0 Å². The summed E-state index contributed by atoms with van der Waals surface area (Å²) >= 11 is 0. The van der Waals surface area contributed by atoms with Gasteiger partial charge in [-0.05, 0) is 76.6 Å². The number of carbonyl (C=O) groups excluding carboxylic acids is 1. The Bertz CT molecular complexity index is 2070. The molecule has 5 aromatic rings. The van der Waals surface area contributed by atoms with Gasteiger partial charge in [0.25, 0.3) is 15.6 Å². The van der Waals surface area contributed by atoms with Crippen molar-refractivity contribution < 1.29 is 17.9 Å². The highest BCUT2D eigenvalue weighted by Gasteiger charge is 2.33. The fourth-order valence-electron chi connectivity index (χ4n) is 5.52. The standard InChI is InChI=1S/C34H34N4O5S/c1-22-6-10-26(11-7-22)44(41,42)38-30-15-16-36(33(40)43-34(3,4)5)21-28(30)27-12-9-25(19-31(27)38)37-17-14-24(18-32(37)39)29-13-8-23(2)20-35-29/h6-14,17-20H,15-16,21H2,1-5H3. The lowest BCUT2D eigenvalue weighted by atomic mass is 10.0. The molecule has 0 bridgehead atoms. The molecule has 0 radical (unpaired) electrons. The van der Waals surface area contributed by atoms with Crippen molar-refractivity contribution in [3.63, 3.8) is 0 Å². The van der Waals surface area contributed by atoms with Crippen LogP contribution < -0.4 is 5.56 Å². The molecule has 2 aromatic carbocycles. The molecule has 0 saturated heterocycles. The molecule has 0 saturated carbocycles. The smallest absolute Gasteiger partial charge is 0.410 e. The molecule has 226 valence electrons. The number of hydrogen-bond donors (Lipinski definition) is 0. The van der Waals surface area contributed by atoms with E-state index in [1.807, 2.05) is 58.9 Å². The van der Waals surface area contributed by atoms with E-state index in [0.717, 1.165) is 16.7 Å². The van der Waals surface area contributed by atoms with Crippen molar-refractivity contribution in [2.45, 2.75) is 58.1 Å². The molecule has 0 N–H and O–H groups in total. The maximum absolute atomic E-state index is 14.2. The third-order valence-corrected chi connectivity index (χ3v) is 9.47. The Morgan fingerprint density at radius 3 is 2.32 bits per heavy atom. The maximum Gasteiger partial charge on any atom is 0.410 e. The van der Waals surface area contributed by atoms with Crippen LogP contribution in [0.2, 0.25) is 0 Å². The second-order valence-corrected chi connectivity index (χ2v) is 14.0. The number of ether oxygens (including phenoxy) is 1. The number of carbonyl (C=O) groups is 1. The molecule has 0 aliphatic carbocycles. The Hall–Kier alpha value is -4.70. The third-order valence-electron chi connectivity index (χ3n) is 7.70. The van der Waals surface area contributed by atoms with Crippen LogP contribution in [-0.4, -0.2) is 45.1 Å². The summed E-state index contributed by atoms with van der Waals surface area (Å²) in [5.74, 6) is 0. The molecule has 3 aromatic heterocycles. The van der Waals surface area contributed by atoms with Crippen LogP contribution in [0.25, 0.3) is 27.8 Å². The third kappa shape index (κ3) is 5.41. The van der Waals surface area contributed by atoms with Crippen LogP contribution in [0.1, 0.15) is 43.2 Å². The highest BCUT2D eigenvalue weighted by atomic mass is 32.2. The minimum Gasteiger partial charge on any atom is -0.444 e. The number of benzene rings is 2. The Kier molecular flexibility index (Phi) is 7.20. The lowest BCUT2D eigenvalue weighted by Gasteiger charge is -2.30. The molecule has 0 fully saturated rings. The summed E-state index contributed by atoms with van der Waals surface area (Å²) < 4.78 is 36.9. The second-order valence-electron chi connectivity index (χ2n) is 12.2. The molecule has 44 heavy (non-hydrogen) atoms. The zero-order valence-electron chi connectivity index (χ0n) is 25.4. The van der Waals surface area contributed by atoms with Gasteiger partial charge < -0.3 is 9.64 Å². The van der Waals surface area contributed by atoms with Crippen LogP contribution in [0.4, 0.5) is 4.79 Å². The zero-order valence-corrected chi connectivity index (χ0v) is 26.2. The van der Waals surface area contributed by atoms with Gasteiger partial charge in [0.2, 0.25) is 0 Å². The van der Waals surface area contributed by atoms with E-state index in [0.29, 0.717) is 46.5 Å². The molecule has 4 heterocycles. The first-order valence-corrected chi connectivity index (χ1v) is 15.9. The topological polar surface area (TPSA) is 104 Å². The normalized spacial score (nSPS) is 13.6. The number of aryl methyl sites for hydroxylation is 2. The van der Waals surface area contributed by atoms with Crippen LogP contribution in [0.5, 0.6) is 0 Å². The van der Waals surface area contributed by atoms with Crippen LogP contribution in [0.3, 0.4) is 0 Å². The summed E-state index contributed by atoms with van der Waals surface area (Å²) in [7, 11) is -4.02. The second kappa shape index (κ2) is 10.8. The van der Waals surface area contributed by atoms with Crippen LogP contribution in [-0.2, 0) is 27.7 Å². The van der Waals surface area contributed by atoms with E-state index in [1.54, 1.807) is 53.7 Å². The number of amides is 1. The molecule has 9 nitrogen and oxygen atoms in total. The van der Waals surface area contributed by atoms with Gasteiger partial charge in [-0.25, -0.2) is 17.2 Å². The number of aromatic nitrogens is 3. The monoisotopic (exact) mass is 610 g/mol. The molecule has 1 aliphatic heterocycles. The van der Waals surface area contributed by atoms with Gasteiger partial charge in [-0.15, -0.1) is 0 Å². The predicted octanol–water partition coefficient (Wildman–Crippen LogP) is 6.00. The predicted molar refractivity (Wildman–Crippen MR) is 170 cm³/mol. The minimum absolute atomic E-state index is 0.162. The van der Waals surface area contributed by atoms with E-state index < -0.39 is 21.7 Å². The first-order valence-electron chi connectivity index (χ1n) is 14.4. The van der Waals surface area contributed by atoms with Crippen molar-refractivity contribution in [1.29, 1.82) is 0 Å². The molecular weight excluding hydrogens is 576 g/mol. The quantitative estimate of drug-likeness (QED) is 0.247. The largest absolute Gasteiger partial charge is 0.444 e. The van der Waals surface area contributed by atoms with Crippen molar-refractivity contribution in [3.8, 4) is 16.9 Å². The number of rotatable bonds is 4. The van der Waals surface area contributed by atoms with Crippen molar-refractivity contribution in [3.05, 3.63) is 112 Å². The number of hydrogen-bond acceptors (Lipinski definition) is 6. The zero-order chi connectivity index (χ0) is 31.4. The molecule has 0 atom stereocenters. The van der Waals surface area contributed by atoms with E-state index >= 15 is 0 Å². The van der Waals surface area contributed by atoms with E-state index in [-0.39, 0.29) is 17.0 Å². The van der Waals surface area contributed by atoms with Crippen LogP contribution in [0.15, 0.2) is 88.8 Å². The highest BCUT2D eigenvalue weighted by Crippen LogP contribution is 2.35. The average molecular weight is 611 g/mol. The first kappa shape index (κ1) is 29.4. The summed E-state index contributed by atoms with van der Waals surface area (Å²) in [6, 6.07) is 19.2. The molecule has 0 spiro atoms. The number of pyridine rings is 2. The Balaban J connectivity index is 1.49. The Morgan fingerprint density at radius 2 is 1.66 bits per heavy atom. The summed E-state index contributed by atoms with van der Waals surface area (Å²) in [5, 5.41) is 0.696. The fourth-order valence-corrected chi connectivity index (χ4v) is 7.11. The van der Waals surface area contributed by atoms with Crippen molar-refractivity contribution in [1.82, 2.24) is 18.4 Å². The SMILES string of the molecule is Cc1ccc(S(=O)(=O)n2c3c(c4ccc(-n5ccc(-c6ccc(C)cn6)cc5=O)cc42)CN(C(=O)OC(C)(C)C)CC3)cc1. The lowest BCUT2D eigenvalue weighted by Crippen LogP contribution is -2.40. The molecule has 0 unspecified atom stereocenters. The summed E-state index contributed by atoms with van der Waals surface area (Å²) in [6.07, 6.45) is 3.30. The van der Waals surface area contributed by atoms with Gasteiger partial charge >= 0.3 is 6.09 Å². The molecule has 1 aliphatic rings. The van der Waals surface area contributed by atoms with Gasteiger partial charge in [0, 0.05) is 53.6 Å². The fraction of sp³-hybridized carbons (Fsp3) is 0.265. The Labute approximate surface area is 256 Å². The van der Waals surface area contributed by atoms with Gasteiger partial charge in [-0.1, -0.05) is 29.8 Å². The summed E-state index contributed by atoms with van der Waals surface area (Å²) in [4.78, 5) is 32.5. The average Bonchev–Trinajstić information content (AvgIpc) is 3.30. The highest BCUT2D eigenvalue weighted by molar-refractivity contribution is 7.90. The van der Waals surface area contributed by atoms with Gasteiger partial charge in [0.15, 0.2) is 0 Å². The molecule has 10 heteroatoms. The number of fused-ring (bicyclic) bond motifs is 3. The van der Waals surface area contributed by atoms with Crippen molar-refractivity contribution in [2.75, 3.05) is 6.54 Å². The van der Waals surface area contributed by atoms with Crippen LogP contribution >= 0.6 is 0 Å². The Morgan fingerprint density at radius 1 is 0.932 bits per heavy atom. The van der Waals surface area contributed by atoms with Gasteiger partial charge in [-0.2, -0.15) is 0 Å². The van der Waals surface area contributed by atoms with Gasteiger partial charge in [0.05, 0.1) is 28.3 Å². The first-order chi connectivity index (χ1) is 20.8. The van der Waals surface area contributed by atoms with E-state index in [9.17, 15) is 18.0 Å². The van der Waals surface area contributed by atoms with Crippen LogP contribution in [0, 0.1) is 13.8 Å². The van der Waals surface area contributed by atoms with E-state index in [1.165, 1.54) is 14.6 Å². The minimum atomic E-state index is -4.02. The lowest BCUT2D eigenvalue weighted by molar-refractivity contribution is 0.0224. The number of nitrogens with zero attached hydrogens (tertiary/aromatic N) is 4. The molecule has 1 amide bonds. The summed E-state index contributed by atoms with van der Waals surface area (Å²) in [5.41, 5.74) is 4.74. The molecular formula is C34H34N4O5S. The van der Waals surface area contributed by atoms with Crippen molar-refractivity contribution >= 4 is 27.0 Å². The maximum atomic E-state index is 14.2. The van der Waals surface area contributed by atoms with E-state index in [4.69, 9.17) is 4.74 Å². The van der Waals surface area contributed by atoms with Gasteiger partial charge in [-0.3, -0.25) is 14.3 Å². The van der Waals surface area contributed by atoms with Gasteiger partial charge in [0.1, 0.15) is 5.60 Å². The van der Waals surface area contributed by atoms with E-state index in [2.05, 4.69) is 4.98 Å².